The molecule has 0 fully saturated rings. The van der Waals surface area contributed by atoms with Crippen LogP contribution < -0.4 is 5.56 Å². The first-order valence-corrected chi connectivity index (χ1v) is 7.89. The second-order valence-electron chi connectivity index (χ2n) is 5.85. The van der Waals surface area contributed by atoms with Crippen LogP contribution in [-0.2, 0) is 12.7 Å². The molecule has 7 heteroatoms. The van der Waals surface area contributed by atoms with Gasteiger partial charge >= 0.3 is 6.18 Å². The van der Waals surface area contributed by atoms with Crippen LogP contribution in [-0.4, -0.2) is 9.67 Å². The molecule has 0 amide bonds. The van der Waals surface area contributed by atoms with Crippen molar-refractivity contribution >= 4 is 0 Å². The Labute approximate surface area is 152 Å². The number of nitrogens with zero attached hydrogens (tertiary/aromatic N) is 2. The zero-order chi connectivity index (χ0) is 19.6. The van der Waals surface area contributed by atoms with Gasteiger partial charge in [-0.05, 0) is 41.5 Å². The molecule has 3 aromatic rings. The van der Waals surface area contributed by atoms with E-state index in [9.17, 15) is 23.1 Å². The molecule has 0 aliphatic carbocycles. The number of nitriles is 1. The predicted octanol–water partition coefficient (Wildman–Crippen LogP) is 4.16. The lowest BCUT2D eigenvalue weighted by Gasteiger charge is -2.17. The van der Waals surface area contributed by atoms with Crippen LogP contribution in [0.3, 0.4) is 0 Å². The third kappa shape index (κ3) is 3.70. The third-order valence-corrected chi connectivity index (χ3v) is 4.06. The van der Waals surface area contributed by atoms with Crippen LogP contribution in [0.25, 0.3) is 11.3 Å². The van der Waals surface area contributed by atoms with Crippen molar-refractivity contribution in [1.29, 1.82) is 5.26 Å². The van der Waals surface area contributed by atoms with Crippen molar-refractivity contribution in [2.75, 3.05) is 0 Å². The average molecular weight is 370 g/mol. The van der Waals surface area contributed by atoms with Gasteiger partial charge in [0.25, 0.3) is 5.56 Å². The zero-order valence-corrected chi connectivity index (χ0v) is 13.9. The average Bonchev–Trinajstić information content (AvgIpc) is 2.64. The molecule has 0 atom stereocenters. The van der Waals surface area contributed by atoms with Gasteiger partial charge in [-0.2, -0.15) is 18.4 Å². The van der Waals surface area contributed by atoms with Gasteiger partial charge in [-0.15, -0.1) is 0 Å². The molecule has 0 aliphatic heterocycles. The molecule has 1 heterocycles. The van der Waals surface area contributed by atoms with Crippen molar-refractivity contribution in [2.24, 2.45) is 0 Å². The van der Waals surface area contributed by atoms with Crippen LogP contribution in [0.1, 0.15) is 16.7 Å². The van der Waals surface area contributed by atoms with Gasteiger partial charge in [-0.3, -0.25) is 4.79 Å². The van der Waals surface area contributed by atoms with Crippen molar-refractivity contribution in [1.82, 2.24) is 4.57 Å². The summed E-state index contributed by atoms with van der Waals surface area (Å²) in [6.45, 7) is 0.00268. The molecule has 0 saturated heterocycles. The van der Waals surface area contributed by atoms with E-state index in [2.05, 4.69) is 0 Å². The fourth-order valence-electron chi connectivity index (χ4n) is 2.77. The minimum Gasteiger partial charge on any atom is -0.508 e. The van der Waals surface area contributed by atoms with E-state index in [0.717, 1.165) is 10.6 Å². The van der Waals surface area contributed by atoms with Gasteiger partial charge in [0.15, 0.2) is 0 Å². The zero-order valence-electron chi connectivity index (χ0n) is 13.9. The molecular formula is C20H13F3N2O2. The first-order chi connectivity index (χ1) is 12.8. The van der Waals surface area contributed by atoms with E-state index in [0.29, 0.717) is 11.1 Å². The maximum atomic E-state index is 13.4. The van der Waals surface area contributed by atoms with Crippen molar-refractivity contribution in [2.45, 2.75) is 12.7 Å². The number of phenolic OH excluding ortho intramolecular Hbond substituents is 1. The first-order valence-electron chi connectivity index (χ1n) is 7.89. The number of aromatic nitrogens is 1. The summed E-state index contributed by atoms with van der Waals surface area (Å²) in [7, 11) is 0. The molecule has 0 aliphatic rings. The molecule has 136 valence electrons. The highest BCUT2D eigenvalue weighted by atomic mass is 19.4. The largest absolute Gasteiger partial charge is 0.508 e. The van der Waals surface area contributed by atoms with Crippen LogP contribution in [0.4, 0.5) is 13.2 Å². The Hall–Kier alpha value is -3.53. The number of benzene rings is 2. The Balaban J connectivity index is 2.31. The molecule has 0 spiro atoms. The number of alkyl halides is 3. The smallest absolute Gasteiger partial charge is 0.417 e. The molecule has 1 aromatic heterocycles. The summed E-state index contributed by atoms with van der Waals surface area (Å²) >= 11 is 0. The van der Waals surface area contributed by atoms with Crippen LogP contribution in [0.15, 0.2) is 65.5 Å². The second-order valence-corrected chi connectivity index (χ2v) is 5.85. The normalized spacial score (nSPS) is 11.2. The molecule has 0 bridgehead atoms. The lowest BCUT2D eigenvalue weighted by Crippen LogP contribution is -2.28. The summed E-state index contributed by atoms with van der Waals surface area (Å²) in [5.41, 5.74) is -2.21. The van der Waals surface area contributed by atoms with Crippen LogP contribution in [0.5, 0.6) is 5.75 Å². The summed E-state index contributed by atoms with van der Waals surface area (Å²) in [4.78, 5) is 12.7. The molecule has 3 rings (SSSR count). The minimum absolute atomic E-state index is 0.00268. The van der Waals surface area contributed by atoms with Gasteiger partial charge in [-0.25, -0.2) is 0 Å². The van der Waals surface area contributed by atoms with Crippen molar-refractivity contribution in [3.8, 4) is 23.1 Å². The Morgan fingerprint density at radius 1 is 1.04 bits per heavy atom. The molecule has 1 N–H and O–H groups in total. The summed E-state index contributed by atoms with van der Waals surface area (Å²) in [6.07, 6.45) is -4.85. The second kappa shape index (κ2) is 7.00. The predicted molar refractivity (Wildman–Crippen MR) is 93.1 cm³/mol. The van der Waals surface area contributed by atoms with E-state index < -0.39 is 22.9 Å². The maximum Gasteiger partial charge on any atom is 0.417 e. The van der Waals surface area contributed by atoms with E-state index in [1.165, 1.54) is 30.3 Å². The molecule has 27 heavy (non-hydrogen) atoms. The molecule has 2 aromatic carbocycles. The number of pyridine rings is 1. The third-order valence-electron chi connectivity index (χ3n) is 4.06. The Bertz CT molecular complexity index is 1060. The molecule has 0 unspecified atom stereocenters. The van der Waals surface area contributed by atoms with Crippen molar-refractivity contribution in [3.05, 3.63) is 87.7 Å². The molecule has 0 radical (unpaired) electrons. The number of halogens is 3. The quantitative estimate of drug-likeness (QED) is 0.753. The van der Waals surface area contributed by atoms with Crippen LogP contribution in [0.2, 0.25) is 0 Å². The van der Waals surface area contributed by atoms with Crippen molar-refractivity contribution in [3.63, 3.8) is 0 Å². The highest BCUT2D eigenvalue weighted by Gasteiger charge is 2.36. The van der Waals surface area contributed by atoms with E-state index in [1.54, 1.807) is 30.3 Å². The van der Waals surface area contributed by atoms with E-state index in [-0.39, 0.29) is 18.0 Å². The highest BCUT2D eigenvalue weighted by Crippen LogP contribution is 2.34. The van der Waals surface area contributed by atoms with E-state index in [4.69, 9.17) is 5.26 Å². The summed E-state index contributed by atoms with van der Waals surface area (Å²) < 4.78 is 41.3. The van der Waals surface area contributed by atoms with Gasteiger partial charge in [0.05, 0.1) is 17.8 Å². The summed E-state index contributed by atoms with van der Waals surface area (Å²) in [6, 6.07) is 16.4. The molecule has 0 saturated carbocycles. The Morgan fingerprint density at radius 3 is 2.22 bits per heavy atom. The number of rotatable bonds is 3. The number of phenols is 1. The SMILES string of the molecule is N#Cc1c(C(F)(F)F)cc(-c2ccc(O)cc2)n(Cc2ccccc2)c1=O. The lowest BCUT2D eigenvalue weighted by atomic mass is 10.0. The number of hydrogen-bond donors (Lipinski definition) is 1. The topological polar surface area (TPSA) is 66.0 Å². The first kappa shape index (κ1) is 18.3. The molecular weight excluding hydrogens is 357 g/mol. The van der Waals surface area contributed by atoms with E-state index in [1.807, 2.05) is 0 Å². The monoisotopic (exact) mass is 370 g/mol. The van der Waals surface area contributed by atoms with Crippen LogP contribution >= 0.6 is 0 Å². The summed E-state index contributed by atoms with van der Waals surface area (Å²) in [5, 5.41) is 18.6. The highest BCUT2D eigenvalue weighted by molar-refractivity contribution is 5.63. The molecule has 4 nitrogen and oxygen atoms in total. The minimum atomic E-state index is -4.85. The van der Waals surface area contributed by atoms with Gasteiger partial charge in [0.2, 0.25) is 0 Å². The van der Waals surface area contributed by atoms with E-state index >= 15 is 0 Å². The lowest BCUT2D eigenvalue weighted by molar-refractivity contribution is -0.137. The number of aromatic hydroxyl groups is 1. The fourth-order valence-corrected chi connectivity index (χ4v) is 2.77. The Kier molecular flexibility index (Phi) is 4.74. The van der Waals surface area contributed by atoms with Gasteiger partial charge in [0.1, 0.15) is 17.4 Å². The van der Waals surface area contributed by atoms with Gasteiger partial charge in [0, 0.05) is 0 Å². The van der Waals surface area contributed by atoms with Crippen molar-refractivity contribution < 1.29 is 18.3 Å². The van der Waals surface area contributed by atoms with Gasteiger partial charge < -0.3 is 9.67 Å². The Morgan fingerprint density at radius 2 is 1.67 bits per heavy atom. The number of hydrogen-bond acceptors (Lipinski definition) is 3. The maximum absolute atomic E-state index is 13.4. The summed E-state index contributed by atoms with van der Waals surface area (Å²) in [5.74, 6) is -0.0552. The fraction of sp³-hybridized carbons (Fsp3) is 0.100. The standard InChI is InChI=1S/C20H13F3N2O2/c21-20(22,23)17-10-18(14-6-8-15(26)9-7-14)25(19(27)16(17)11-24)12-13-4-2-1-3-5-13/h1-10,26H,12H2. The van der Waals surface area contributed by atoms with Crippen LogP contribution in [0, 0.1) is 11.3 Å². The van der Waals surface area contributed by atoms with Gasteiger partial charge in [-0.1, -0.05) is 30.3 Å².